The van der Waals surface area contributed by atoms with Crippen LogP contribution in [0.2, 0.25) is 0 Å². The normalized spacial score (nSPS) is 15.2. The van der Waals surface area contributed by atoms with Gasteiger partial charge < -0.3 is 15.2 Å². The molecule has 0 spiro atoms. The first-order valence-electron chi connectivity index (χ1n) is 9.10. The van der Waals surface area contributed by atoms with Gasteiger partial charge in [-0.1, -0.05) is 25.1 Å². The predicted molar refractivity (Wildman–Crippen MR) is 106 cm³/mol. The summed E-state index contributed by atoms with van der Waals surface area (Å²) in [5.74, 6) is -0.0241. The minimum atomic E-state index is -0.787. The number of para-hydroxylation sites is 1. The number of carboxylic acids is 1. The molecule has 0 unspecified atom stereocenters. The maximum atomic E-state index is 12.2. The lowest BCUT2D eigenvalue weighted by atomic mass is 10.0. The molecule has 0 aromatic heterocycles. The summed E-state index contributed by atoms with van der Waals surface area (Å²) >= 11 is 0. The summed E-state index contributed by atoms with van der Waals surface area (Å²) in [6.45, 7) is 5.23. The fourth-order valence-electron chi connectivity index (χ4n) is 3.42. The van der Waals surface area contributed by atoms with E-state index in [0.29, 0.717) is 13.1 Å². The fourth-order valence-corrected chi connectivity index (χ4v) is 3.42. The van der Waals surface area contributed by atoms with Crippen LogP contribution in [0.15, 0.2) is 24.3 Å². The summed E-state index contributed by atoms with van der Waals surface area (Å²) in [5.41, 5.74) is 0.953. The van der Waals surface area contributed by atoms with E-state index >= 15 is 0 Å². The molecule has 1 aliphatic rings. The lowest BCUT2D eigenvalue weighted by Gasteiger charge is -2.37. The van der Waals surface area contributed by atoms with Gasteiger partial charge in [-0.25, -0.2) is 0 Å². The number of nitrogens with one attached hydrogen (secondary N) is 1. The number of amides is 1. The lowest BCUT2D eigenvalue weighted by Crippen LogP contribution is -2.48. The molecule has 152 valence electrons. The summed E-state index contributed by atoms with van der Waals surface area (Å²) < 4.78 is 5.29. The number of carboxylic acid groups (broad SMARTS) is 1. The number of likely N-dealkylation sites (N-methyl/N-ethyl adjacent to an activating group) is 1. The predicted octanol–water partition coefficient (Wildman–Crippen LogP) is 1.60. The molecule has 1 amide bonds. The standard InChI is InChI=1S/C19H29N3O4.ClH/c1-3-22(14-19(24)25)16-8-10-21(11-9-16)13-18(23)20-12-15-6-4-5-7-17(15)26-2;/h4-7,16H,3,8-14H2,1-2H3,(H,20,23)(H,24,25);1H. The highest BCUT2D eigenvalue weighted by Gasteiger charge is 2.25. The number of piperidine rings is 1. The van der Waals surface area contributed by atoms with Crippen LogP contribution in [0.4, 0.5) is 0 Å². The Morgan fingerprint density at radius 1 is 1.30 bits per heavy atom. The van der Waals surface area contributed by atoms with Gasteiger partial charge in [0.05, 0.1) is 20.2 Å². The number of carbonyl (C=O) groups excluding carboxylic acids is 1. The van der Waals surface area contributed by atoms with Crippen LogP contribution in [-0.4, -0.2) is 72.7 Å². The maximum absolute atomic E-state index is 12.2. The minimum Gasteiger partial charge on any atom is -0.496 e. The van der Waals surface area contributed by atoms with Crippen molar-refractivity contribution in [2.75, 3.05) is 39.8 Å². The summed E-state index contributed by atoms with van der Waals surface area (Å²) in [4.78, 5) is 27.3. The molecule has 1 aliphatic heterocycles. The molecule has 2 rings (SSSR count). The third kappa shape index (κ3) is 7.36. The zero-order valence-electron chi connectivity index (χ0n) is 16.0. The molecule has 0 saturated carbocycles. The number of methoxy groups -OCH3 is 1. The molecule has 27 heavy (non-hydrogen) atoms. The van der Waals surface area contributed by atoms with E-state index in [-0.39, 0.29) is 30.9 Å². The molecule has 0 radical (unpaired) electrons. The SMILES string of the molecule is CCN(CC(=O)O)C1CCN(CC(=O)NCc2ccccc2OC)CC1.Cl. The van der Waals surface area contributed by atoms with E-state index in [1.54, 1.807) is 7.11 Å². The Hall–Kier alpha value is -1.83. The van der Waals surface area contributed by atoms with Gasteiger partial charge in [0.15, 0.2) is 0 Å². The van der Waals surface area contributed by atoms with E-state index in [0.717, 1.165) is 43.8 Å². The van der Waals surface area contributed by atoms with Crippen molar-refractivity contribution in [3.05, 3.63) is 29.8 Å². The Bertz CT molecular complexity index is 606. The number of hydrogen-bond donors (Lipinski definition) is 2. The van der Waals surface area contributed by atoms with Crippen molar-refractivity contribution >= 4 is 24.3 Å². The van der Waals surface area contributed by atoms with E-state index in [1.165, 1.54) is 0 Å². The average Bonchev–Trinajstić information content (AvgIpc) is 2.65. The number of aliphatic carboxylic acids is 1. The first kappa shape index (κ1) is 23.2. The van der Waals surface area contributed by atoms with Gasteiger partial charge >= 0.3 is 5.97 Å². The number of likely N-dealkylation sites (tertiary alicyclic amines) is 1. The number of carbonyl (C=O) groups is 2. The monoisotopic (exact) mass is 399 g/mol. The highest BCUT2D eigenvalue weighted by molar-refractivity contribution is 5.85. The van der Waals surface area contributed by atoms with Gasteiger partial charge in [-0.2, -0.15) is 0 Å². The van der Waals surface area contributed by atoms with Gasteiger partial charge in [0.1, 0.15) is 5.75 Å². The van der Waals surface area contributed by atoms with Crippen LogP contribution in [0.3, 0.4) is 0 Å². The highest BCUT2D eigenvalue weighted by atomic mass is 35.5. The number of ether oxygens (including phenoxy) is 1. The number of rotatable bonds is 9. The molecule has 7 nitrogen and oxygen atoms in total. The second-order valence-electron chi connectivity index (χ2n) is 6.55. The fraction of sp³-hybridized carbons (Fsp3) is 0.579. The highest BCUT2D eigenvalue weighted by Crippen LogP contribution is 2.17. The molecule has 1 fully saturated rings. The topological polar surface area (TPSA) is 82.1 Å². The van der Waals surface area contributed by atoms with Crippen molar-refractivity contribution in [3.63, 3.8) is 0 Å². The molecule has 1 aromatic rings. The van der Waals surface area contributed by atoms with Crippen molar-refractivity contribution < 1.29 is 19.4 Å². The van der Waals surface area contributed by atoms with Crippen LogP contribution in [-0.2, 0) is 16.1 Å². The Balaban J connectivity index is 0.00000364. The van der Waals surface area contributed by atoms with E-state index in [4.69, 9.17) is 9.84 Å². The number of hydrogen-bond acceptors (Lipinski definition) is 5. The molecular weight excluding hydrogens is 370 g/mol. The molecular formula is C19H30ClN3O4. The zero-order valence-corrected chi connectivity index (χ0v) is 16.8. The van der Waals surface area contributed by atoms with Crippen LogP contribution < -0.4 is 10.1 Å². The third-order valence-corrected chi connectivity index (χ3v) is 4.85. The lowest BCUT2D eigenvalue weighted by molar-refractivity contribution is -0.139. The molecule has 1 heterocycles. The number of benzene rings is 1. The second kappa shape index (κ2) is 11.8. The Kier molecular flexibility index (Phi) is 10.1. The summed E-state index contributed by atoms with van der Waals surface area (Å²) in [7, 11) is 1.62. The van der Waals surface area contributed by atoms with Gasteiger partial charge in [0.2, 0.25) is 5.91 Å². The Morgan fingerprint density at radius 2 is 1.96 bits per heavy atom. The van der Waals surface area contributed by atoms with Crippen molar-refractivity contribution in [2.45, 2.75) is 32.4 Å². The molecule has 0 bridgehead atoms. The molecule has 1 aromatic carbocycles. The third-order valence-electron chi connectivity index (χ3n) is 4.85. The van der Waals surface area contributed by atoms with Crippen LogP contribution in [0.5, 0.6) is 5.75 Å². The Labute approximate surface area is 167 Å². The van der Waals surface area contributed by atoms with E-state index < -0.39 is 5.97 Å². The van der Waals surface area contributed by atoms with Crippen LogP contribution in [0.25, 0.3) is 0 Å². The number of halogens is 1. The largest absolute Gasteiger partial charge is 0.496 e. The zero-order chi connectivity index (χ0) is 18.9. The minimum absolute atomic E-state index is 0. The van der Waals surface area contributed by atoms with Gasteiger partial charge in [0.25, 0.3) is 0 Å². The van der Waals surface area contributed by atoms with Crippen molar-refractivity contribution in [3.8, 4) is 5.75 Å². The van der Waals surface area contributed by atoms with Crippen LogP contribution in [0, 0.1) is 0 Å². The van der Waals surface area contributed by atoms with E-state index in [2.05, 4.69) is 10.2 Å². The van der Waals surface area contributed by atoms with Crippen molar-refractivity contribution in [2.24, 2.45) is 0 Å². The van der Waals surface area contributed by atoms with Crippen molar-refractivity contribution in [1.82, 2.24) is 15.1 Å². The van der Waals surface area contributed by atoms with Gasteiger partial charge in [-0.05, 0) is 25.5 Å². The van der Waals surface area contributed by atoms with Crippen molar-refractivity contribution in [1.29, 1.82) is 0 Å². The molecule has 2 N–H and O–H groups in total. The first-order chi connectivity index (χ1) is 12.5. The maximum Gasteiger partial charge on any atom is 0.317 e. The molecule has 8 heteroatoms. The van der Waals surface area contributed by atoms with Crippen LogP contribution >= 0.6 is 12.4 Å². The Morgan fingerprint density at radius 3 is 2.56 bits per heavy atom. The van der Waals surface area contributed by atoms with Gasteiger partial charge in [0, 0.05) is 31.2 Å². The molecule has 0 aliphatic carbocycles. The summed E-state index contributed by atoms with van der Waals surface area (Å²) in [6, 6.07) is 7.92. The second-order valence-corrected chi connectivity index (χ2v) is 6.55. The van der Waals surface area contributed by atoms with Gasteiger partial charge in [-0.3, -0.25) is 19.4 Å². The van der Waals surface area contributed by atoms with Gasteiger partial charge in [-0.15, -0.1) is 12.4 Å². The smallest absolute Gasteiger partial charge is 0.317 e. The summed E-state index contributed by atoms with van der Waals surface area (Å²) in [6.07, 6.45) is 1.78. The molecule has 0 atom stereocenters. The molecule has 1 saturated heterocycles. The van der Waals surface area contributed by atoms with E-state index in [9.17, 15) is 9.59 Å². The average molecular weight is 400 g/mol. The summed E-state index contributed by atoms with van der Waals surface area (Å²) in [5, 5.41) is 11.9. The van der Waals surface area contributed by atoms with E-state index in [1.807, 2.05) is 36.1 Å². The van der Waals surface area contributed by atoms with Crippen LogP contribution in [0.1, 0.15) is 25.3 Å². The first-order valence-corrected chi connectivity index (χ1v) is 9.10. The number of nitrogens with zero attached hydrogens (tertiary/aromatic N) is 2. The quantitative estimate of drug-likeness (QED) is 0.656.